The number of aryl methyl sites for hydroxylation is 1. The SMILES string of the molecule is Cc1c(C(=O)N2CCN(C3CC3)CC2)oc2c1C(=O)CCC2. The second-order valence-corrected chi connectivity index (χ2v) is 6.69. The molecule has 0 N–H and O–H groups in total. The van der Waals surface area contributed by atoms with Gasteiger partial charge in [0.15, 0.2) is 11.5 Å². The summed E-state index contributed by atoms with van der Waals surface area (Å²) in [5.74, 6) is 1.18. The van der Waals surface area contributed by atoms with E-state index in [1.807, 2.05) is 11.8 Å². The lowest BCUT2D eigenvalue weighted by Gasteiger charge is -2.34. The van der Waals surface area contributed by atoms with Gasteiger partial charge in [-0.2, -0.15) is 0 Å². The van der Waals surface area contributed by atoms with Crippen LogP contribution in [0, 0.1) is 6.92 Å². The van der Waals surface area contributed by atoms with E-state index in [0.717, 1.165) is 50.6 Å². The quantitative estimate of drug-likeness (QED) is 0.839. The van der Waals surface area contributed by atoms with E-state index in [0.29, 0.717) is 23.5 Å². The molecule has 1 saturated carbocycles. The molecule has 1 amide bonds. The van der Waals surface area contributed by atoms with Gasteiger partial charge in [0.1, 0.15) is 5.76 Å². The summed E-state index contributed by atoms with van der Waals surface area (Å²) < 4.78 is 5.78. The van der Waals surface area contributed by atoms with Crippen molar-refractivity contribution in [2.75, 3.05) is 26.2 Å². The van der Waals surface area contributed by atoms with Gasteiger partial charge in [-0.05, 0) is 26.2 Å². The molecule has 0 radical (unpaired) electrons. The fourth-order valence-electron chi connectivity index (χ4n) is 3.73. The van der Waals surface area contributed by atoms with E-state index in [2.05, 4.69) is 4.90 Å². The third-order valence-electron chi connectivity index (χ3n) is 5.17. The molecular weight excluding hydrogens is 280 g/mol. The molecule has 2 heterocycles. The molecule has 4 rings (SSSR count). The van der Waals surface area contributed by atoms with Gasteiger partial charge in [0.05, 0.1) is 5.56 Å². The van der Waals surface area contributed by atoms with Gasteiger partial charge < -0.3 is 9.32 Å². The highest BCUT2D eigenvalue weighted by Gasteiger charge is 2.35. The maximum atomic E-state index is 12.7. The fraction of sp³-hybridized carbons (Fsp3) is 0.647. The number of rotatable bonds is 2. The number of hydrogen-bond acceptors (Lipinski definition) is 4. The molecule has 0 bridgehead atoms. The third kappa shape index (κ3) is 2.28. The van der Waals surface area contributed by atoms with Crippen LogP contribution in [0.25, 0.3) is 0 Å². The molecule has 0 aromatic carbocycles. The van der Waals surface area contributed by atoms with Crippen LogP contribution in [0.4, 0.5) is 0 Å². The lowest BCUT2D eigenvalue weighted by atomic mass is 9.94. The van der Waals surface area contributed by atoms with Crippen molar-refractivity contribution in [1.29, 1.82) is 0 Å². The van der Waals surface area contributed by atoms with Crippen molar-refractivity contribution in [3.8, 4) is 0 Å². The second kappa shape index (κ2) is 5.23. The summed E-state index contributed by atoms with van der Waals surface area (Å²) >= 11 is 0. The molecule has 22 heavy (non-hydrogen) atoms. The summed E-state index contributed by atoms with van der Waals surface area (Å²) in [7, 11) is 0. The van der Waals surface area contributed by atoms with Crippen LogP contribution in [-0.2, 0) is 6.42 Å². The molecule has 2 aliphatic carbocycles. The summed E-state index contributed by atoms with van der Waals surface area (Å²) in [6.45, 7) is 5.27. The van der Waals surface area contributed by atoms with Crippen LogP contribution in [0.5, 0.6) is 0 Å². The van der Waals surface area contributed by atoms with E-state index < -0.39 is 0 Å². The molecule has 0 unspecified atom stereocenters. The Morgan fingerprint density at radius 3 is 2.50 bits per heavy atom. The number of carbonyl (C=O) groups is 2. The summed E-state index contributed by atoms with van der Waals surface area (Å²) in [6, 6.07) is 0.757. The average Bonchev–Trinajstić information content (AvgIpc) is 3.32. The van der Waals surface area contributed by atoms with Crippen molar-refractivity contribution < 1.29 is 14.0 Å². The van der Waals surface area contributed by atoms with Crippen LogP contribution < -0.4 is 0 Å². The zero-order valence-electron chi connectivity index (χ0n) is 13.1. The number of carbonyl (C=O) groups excluding carboxylic acids is 2. The topological polar surface area (TPSA) is 53.8 Å². The lowest BCUT2D eigenvalue weighted by molar-refractivity contribution is 0.0593. The smallest absolute Gasteiger partial charge is 0.289 e. The van der Waals surface area contributed by atoms with Crippen molar-refractivity contribution in [3.63, 3.8) is 0 Å². The Morgan fingerprint density at radius 2 is 1.86 bits per heavy atom. The molecule has 1 aromatic rings. The Bertz CT molecular complexity index is 622. The number of ketones is 1. The zero-order valence-corrected chi connectivity index (χ0v) is 13.1. The predicted molar refractivity (Wildman–Crippen MR) is 81.2 cm³/mol. The molecule has 2 fully saturated rings. The number of amides is 1. The van der Waals surface area contributed by atoms with Crippen molar-refractivity contribution in [2.24, 2.45) is 0 Å². The minimum absolute atomic E-state index is 0.0462. The summed E-state index contributed by atoms with van der Waals surface area (Å²) in [5, 5.41) is 0. The van der Waals surface area contributed by atoms with Crippen LogP contribution in [0.15, 0.2) is 4.42 Å². The van der Waals surface area contributed by atoms with Crippen molar-refractivity contribution in [2.45, 2.75) is 45.1 Å². The first-order chi connectivity index (χ1) is 10.6. The van der Waals surface area contributed by atoms with E-state index in [1.54, 1.807) is 0 Å². The first kappa shape index (κ1) is 14.0. The maximum Gasteiger partial charge on any atom is 0.289 e. The van der Waals surface area contributed by atoms with Crippen molar-refractivity contribution in [1.82, 2.24) is 9.80 Å². The van der Waals surface area contributed by atoms with Gasteiger partial charge in [-0.25, -0.2) is 0 Å². The van der Waals surface area contributed by atoms with E-state index >= 15 is 0 Å². The summed E-state index contributed by atoms with van der Waals surface area (Å²) in [6.07, 6.45) is 4.78. The Labute approximate surface area is 130 Å². The lowest BCUT2D eigenvalue weighted by Crippen LogP contribution is -2.49. The molecule has 0 atom stereocenters. The first-order valence-electron chi connectivity index (χ1n) is 8.34. The highest BCUT2D eigenvalue weighted by molar-refractivity contribution is 6.03. The van der Waals surface area contributed by atoms with E-state index in [1.165, 1.54) is 12.8 Å². The molecule has 118 valence electrons. The number of nitrogens with zero attached hydrogens (tertiary/aromatic N) is 2. The van der Waals surface area contributed by atoms with E-state index in [4.69, 9.17) is 4.42 Å². The molecule has 5 heteroatoms. The van der Waals surface area contributed by atoms with Crippen LogP contribution in [0.1, 0.15) is 57.9 Å². The number of piperazine rings is 1. The zero-order chi connectivity index (χ0) is 15.3. The van der Waals surface area contributed by atoms with Gasteiger partial charge in [0.25, 0.3) is 5.91 Å². The minimum atomic E-state index is -0.0462. The molecular formula is C17H22N2O3. The van der Waals surface area contributed by atoms with Gasteiger partial charge in [-0.15, -0.1) is 0 Å². The first-order valence-corrected chi connectivity index (χ1v) is 8.34. The van der Waals surface area contributed by atoms with Crippen LogP contribution in [0.2, 0.25) is 0 Å². The van der Waals surface area contributed by atoms with Crippen LogP contribution >= 0.6 is 0 Å². The molecule has 1 saturated heterocycles. The summed E-state index contributed by atoms with van der Waals surface area (Å²) in [5.41, 5.74) is 1.42. The van der Waals surface area contributed by atoms with E-state index in [9.17, 15) is 9.59 Å². The number of furan rings is 1. The Balaban J connectivity index is 1.52. The summed E-state index contributed by atoms with van der Waals surface area (Å²) in [4.78, 5) is 29.1. The Kier molecular flexibility index (Phi) is 3.33. The monoisotopic (exact) mass is 302 g/mol. The van der Waals surface area contributed by atoms with Crippen molar-refractivity contribution >= 4 is 11.7 Å². The Hall–Kier alpha value is -1.62. The van der Waals surface area contributed by atoms with E-state index in [-0.39, 0.29) is 11.7 Å². The van der Waals surface area contributed by atoms with Gasteiger partial charge in [-0.1, -0.05) is 0 Å². The third-order valence-corrected chi connectivity index (χ3v) is 5.17. The molecule has 3 aliphatic rings. The molecule has 5 nitrogen and oxygen atoms in total. The number of hydrogen-bond donors (Lipinski definition) is 0. The van der Waals surface area contributed by atoms with Crippen molar-refractivity contribution in [3.05, 3.63) is 22.6 Å². The van der Waals surface area contributed by atoms with Crippen LogP contribution in [-0.4, -0.2) is 53.7 Å². The average molecular weight is 302 g/mol. The largest absolute Gasteiger partial charge is 0.455 e. The number of fused-ring (bicyclic) bond motifs is 1. The van der Waals surface area contributed by atoms with Gasteiger partial charge in [0.2, 0.25) is 0 Å². The van der Waals surface area contributed by atoms with Gasteiger partial charge in [0, 0.05) is 50.6 Å². The van der Waals surface area contributed by atoms with Crippen LogP contribution in [0.3, 0.4) is 0 Å². The predicted octanol–water partition coefficient (Wildman–Crippen LogP) is 2.03. The van der Waals surface area contributed by atoms with Gasteiger partial charge in [-0.3, -0.25) is 14.5 Å². The standard InChI is InChI=1S/C17H22N2O3/c1-11-15-13(20)3-2-4-14(15)22-16(11)17(21)19-9-7-18(8-10-19)12-5-6-12/h12H,2-10H2,1H3. The minimum Gasteiger partial charge on any atom is -0.455 e. The Morgan fingerprint density at radius 1 is 1.14 bits per heavy atom. The highest BCUT2D eigenvalue weighted by Crippen LogP contribution is 2.31. The highest BCUT2D eigenvalue weighted by atomic mass is 16.4. The van der Waals surface area contributed by atoms with Gasteiger partial charge >= 0.3 is 0 Å². The number of Topliss-reactive ketones (excluding diaryl/α,β-unsaturated/α-hetero) is 1. The fourth-order valence-corrected chi connectivity index (χ4v) is 3.73. The maximum absolute atomic E-state index is 12.7. The normalized spacial score (nSPS) is 22.8. The molecule has 0 spiro atoms. The molecule has 1 aromatic heterocycles. The molecule has 1 aliphatic heterocycles. The second-order valence-electron chi connectivity index (χ2n) is 6.69.